The number of carbonyl (C=O) groups is 2. The van der Waals surface area contributed by atoms with Crippen LogP contribution in [0.25, 0.3) is 0 Å². The number of rotatable bonds is 5. The second kappa shape index (κ2) is 4.96. The standard InChI is InChI=1S/C10H17BrN2O2/c1-10(2)8(14)13(9(15)12-10)7-5-3-4-6-11/h3-7H2,1-2H3,(H,12,15). The molecular formula is C10H17BrN2O2. The van der Waals surface area contributed by atoms with E-state index in [-0.39, 0.29) is 11.9 Å². The highest BCUT2D eigenvalue weighted by Gasteiger charge is 2.43. The van der Waals surface area contributed by atoms with Gasteiger partial charge in [-0.2, -0.15) is 0 Å². The summed E-state index contributed by atoms with van der Waals surface area (Å²) in [6.45, 7) is 3.98. The van der Waals surface area contributed by atoms with Crippen LogP contribution in [0.15, 0.2) is 0 Å². The largest absolute Gasteiger partial charge is 0.325 e. The Bertz CT molecular complexity index is 266. The van der Waals surface area contributed by atoms with Crippen LogP contribution in [0.2, 0.25) is 0 Å². The third-order valence-electron chi connectivity index (χ3n) is 2.46. The van der Waals surface area contributed by atoms with Crippen LogP contribution < -0.4 is 5.32 Å². The van der Waals surface area contributed by atoms with Crippen LogP contribution in [0, 0.1) is 0 Å². The highest BCUT2D eigenvalue weighted by Crippen LogP contribution is 2.17. The molecule has 3 amide bonds. The zero-order valence-electron chi connectivity index (χ0n) is 9.18. The second-order valence-electron chi connectivity index (χ2n) is 4.26. The van der Waals surface area contributed by atoms with Crippen LogP contribution >= 0.6 is 15.9 Å². The van der Waals surface area contributed by atoms with Crippen LogP contribution in [0.5, 0.6) is 0 Å². The lowest BCUT2D eigenvalue weighted by molar-refractivity contribution is -0.130. The minimum absolute atomic E-state index is 0.119. The Balaban J connectivity index is 2.42. The quantitative estimate of drug-likeness (QED) is 0.474. The zero-order chi connectivity index (χ0) is 11.5. The second-order valence-corrected chi connectivity index (χ2v) is 5.05. The summed E-state index contributed by atoms with van der Waals surface area (Å²) in [5.41, 5.74) is -0.730. The van der Waals surface area contributed by atoms with Crippen molar-refractivity contribution in [3.63, 3.8) is 0 Å². The van der Waals surface area contributed by atoms with E-state index in [0.29, 0.717) is 6.54 Å². The number of unbranched alkanes of at least 4 members (excludes halogenated alkanes) is 2. The van der Waals surface area contributed by atoms with Gasteiger partial charge in [0.05, 0.1) is 0 Å². The Morgan fingerprint density at radius 2 is 1.93 bits per heavy atom. The van der Waals surface area contributed by atoms with Gasteiger partial charge in [0.2, 0.25) is 0 Å². The van der Waals surface area contributed by atoms with Gasteiger partial charge in [0.15, 0.2) is 0 Å². The summed E-state index contributed by atoms with van der Waals surface area (Å²) in [5.74, 6) is -0.119. The lowest BCUT2D eigenvalue weighted by atomic mass is 10.1. The van der Waals surface area contributed by atoms with Gasteiger partial charge in [-0.15, -0.1) is 0 Å². The number of urea groups is 1. The fraction of sp³-hybridized carbons (Fsp3) is 0.800. The third-order valence-corrected chi connectivity index (χ3v) is 3.02. The van der Waals surface area contributed by atoms with Crippen molar-refractivity contribution in [3.05, 3.63) is 0 Å². The molecule has 0 aromatic heterocycles. The molecule has 0 aromatic rings. The maximum absolute atomic E-state index is 11.7. The molecule has 1 saturated heterocycles. The predicted molar refractivity (Wildman–Crippen MR) is 62.0 cm³/mol. The van der Waals surface area contributed by atoms with Crippen LogP contribution in [0.4, 0.5) is 4.79 Å². The molecule has 15 heavy (non-hydrogen) atoms. The van der Waals surface area contributed by atoms with Crippen molar-refractivity contribution >= 4 is 27.9 Å². The first kappa shape index (κ1) is 12.5. The molecule has 1 heterocycles. The highest BCUT2D eigenvalue weighted by molar-refractivity contribution is 9.09. The van der Waals surface area contributed by atoms with Crippen molar-refractivity contribution in [2.45, 2.75) is 38.6 Å². The van der Waals surface area contributed by atoms with E-state index in [0.717, 1.165) is 24.6 Å². The van der Waals surface area contributed by atoms with Crippen molar-refractivity contribution < 1.29 is 9.59 Å². The molecule has 0 saturated carbocycles. The normalized spacial score (nSPS) is 19.5. The van der Waals surface area contributed by atoms with Gasteiger partial charge in [-0.1, -0.05) is 22.4 Å². The molecule has 5 heteroatoms. The topological polar surface area (TPSA) is 49.4 Å². The molecule has 0 aliphatic carbocycles. The molecule has 0 radical (unpaired) electrons. The van der Waals surface area contributed by atoms with E-state index in [4.69, 9.17) is 0 Å². The van der Waals surface area contributed by atoms with Crippen molar-refractivity contribution in [2.24, 2.45) is 0 Å². The van der Waals surface area contributed by atoms with E-state index < -0.39 is 5.54 Å². The fourth-order valence-electron chi connectivity index (χ4n) is 1.56. The van der Waals surface area contributed by atoms with E-state index in [1.807, 2.05) is 0 Å². The molecule has 1 rings (SSSR count). The molecule has 0 aromatic carbocycles. The summed E-state index contributed by atoms with van der Waals surface area (Å²) in [7, 11) is 0. The fourth-order valence-corrected chi connectivity index (χ4v) is 1.96. The Hall–Kier alpha value is -0.580. The Kier molecular flexibility index (Phi) is 4.13. The Morgan fingerprint density at radius 3 is 2.40 bits per heavy atom. The lowest BCUT2D eigenvalue weighted by Crippen LogP contribution is -2.40. The number of halogens is 1. The van der Waals surface area contributed by atoms with E-state index in [2.05, 4.69) is 21.2 Å². The molecule has 1 N–H and O–H groups in total. The number of carbonyl (C=O) groups excluding carboxylic acids is 2. The van der Waals surface area contributed by atoms with Crippen LogP contribution in [-0.2, 0) is 4.79 Å². The summed E-state index contributed by atoms with van der Waals surface area (Å²) < 4.78 is 0. The molecule has 1 fully saturated rings. The van der Waals surface area contributed by atoms with Crippen LogP contribution in [0.1, 0.15) is 33.1 Å². The first-order valence-corrected chi connectivity index (χ1v) is 6.31. The van der Waals surface area contributed by atoms with E-state index in [1.165, 1.54) is 4.90 Å². The lowest BCUT2D eigenvalue weighted by Gasteiger charge is -2.15. The van der Waals surface area contributed by atoms with Crippen molar-refractivity contribution in [1.29, 1.82) is 0 Å². The summed E-state index contributed by atoms with van der Waals surface area (Å²) in [6, 6.07) is -0.260. The summed E-state index contributed by atoms with van der Waals surface area (Å²) in [4.78, 5) is 24.5. The Morgan fingerprint density at radius 1 is 1.27 bits per heavy atom. The minimum atomic E-state index is -0.730. The van der Waals surface area contributed by atoms with Crippen LogP contribution in [0.3, 0.4) is 0 Å². The summed E-state index contributed by atoms with van der Waals surface area (Å²) in [5, 5.41) is 3.63. The van der Waals surface area contributed by atoms with Gasteiger partial charge < -0.3 is 5.32 Å². The van der Waals surface area contributed by atoms with Crippen LogP contribution in [-0.4, -0.2) is 34.3 Å². The maximum atomic E-state index is 11.7. The number of hydrogen-bond acceptors (Lipinski definition) is 2. The first-order chi connectivity index (χ1) is 6.99. The van der Waals surface area contributed by atoms with Crippen molar-refractivity contribution in [3.8, 4) is 0 Å². The number of amides is 3. The number of nitrogens with zero attached hydrogens (tertiary/aromatic N) is 1. The molecule has 0 spiro atoms. The summed E-state index contributed by atoms with van der Waals surface area (Å²) >= 11 is 3.35. The molecule has 4 nitrogen and oxygen atoms in total. The molecule has 0 unspecified atom stereocenters. The smallest absolute Gasteiger partial charge is 0.324 e. The van der Waals surface area contributed by atoms with Gasteiger partial charge in [-0.25, -0.2) is 4.79 Å². The van der Waals surface area contributed by atoms with E-state index in [9.17, 15) is 9.59 Å². The van der Waals surface area contributed by atoms with Gasteiger partial charge in [-0.3, -0.25) is 9.69 Å². The van der Waals surface area contributed by atoms with Gasteiger partial charge in [0, 0.05) is 11.9 Å². The molecule has 1 aliphatic rings. The predicted octanol–water partition coefficient (Wildman–Crippen LogP) is 1.88. The molecule has 86 valence electrons. The van der Waals surface area contributed by atoms with Gasteiger partial charge in [0.25, 0.3) is 5.91 Å². The molecular weight excluding hydrogens is 260 g/mol. The Labute approximate surface area is 98.5 Å². The average molecular weight is 277 g/mol. The number of nitrogens with one attached hydrogen (secondary N) is 1. The third kappa shape index (κ3) is 2.93. The summed E-state index contributed by atoms with van der Waals surface area (Å²) in [6.07, 6.45) is 2.98. The number of imide groups is 1. The number of alkyl halides is 1. The average Bonchev–Trinajstić information content (AvgIpc) is 2.33. The van der Waals surface area contributed by atoms with E-state index in [1.54, 1.807) is 13.8 Å². The first-order valence-electron chi connectivity index (χ1n) is 5.19. The number of hydrogen-bond donors (Lipinski definition) is 1. The van der Waals surface area contributed by atoms with Crippen molar-refractivity contribution in [2.75, 3.05) is 11.9 Å². The molecule has 0 atom stereocenters. The van der Waals surface area contributed by atoms with E-state index >= 15 is 0 Å². The zero-order valence-corrected chi connectivity index (χ0v) is 10.8. The van der Waals surface area contributed by atoms with Gasteiger partial charge in [0.1, 0.15) is 5.54 Å². The SMILES string of the molecule is CC1(C)NC(=O)N(CCCCCBr)C1=O. The van der Waals surface area contributed by atoms with Gasteiger partial charge >= 0.3 is 6.03 Å². The highest BCUT2D eigenvalue weighted by atomic mass is 79.9. The molecule has 0 bridgehead atoms. The van der Waals surface area contributed by atoms with Gasteiger partial charge in [-0.05, 0) is 26.7 Å². The maximum Gasteiger partial charge on any atom is 0.325 e. The molecule has 1 aliphatic heterocycles. The minimum Gasteiger partial charge on any atom is -0.324 e. The monoisotopic (exact) mass is 276 g/mol. The van der Waals surface area contributed by atoms with Crippen molar-refractivity contribution in [1.82, 2.24) is 10.2 Å².